The van der Waals surface area contributed by atoms with Gasteiger partial charge in [0.1, 0.15) is 0 Å². The number of nitrogens with zero attached hydrogens (tertiary/aromatic N) is 2. The van der Waals surface area contributed by atoms with Gasteiger partial charge in [0.15, 0.2) is 0 Å². The van der Waals surface area contributed by atoms with E-state index in [9.17, 15) is 5.11 Å². The van der Waals surface area contributed by atoms with Gasteiger partial charge in [0.05, 0.1) is 12.3 Å². The van der Waals surface area contributed by atoms with Crippen LogP contribution >= 0.6 is 0 Å². The second-order valence-electron chi connectivity index (χ2n) is 7.64. The van der Waals surface area contributed by atoms with Crippen molar-refractivity contribution in [1.29, 1.82) is 0 Å². The van der Waals surface area contributed by atoms with Gasteiger partial charge < -0.3 is 5.11 Å². The third kappa shape index (κ3) is 2.20. The van der Waals surface area contributed by atoms with E-state index < -0.39 is 0 Å². The largest absolute Gasteiger partial charge is 0.393 e. The average molecular weight is 274 g/mol. The number of aromatic nitrogens is 2. The predicted molar refractivity (Wildman–Crippen MR) is 78.1 cm³/mol. The Balaban J connectivity index is 1.40. The zero-order chi connectivity index (χ0) is 13.7. The van der Waals surface area contributed by atoms with Crippen molar-refractivity contribution in [2.75, 3.05) is 0 Å². The lowest BCUT2D eigenvalue weighted by Crippen LogP contribution is -2.49. The summed E-state index contributed by atoms with van der Waals surface area (Å²) < 4.78 is 1.85. The summed E-state index contributed by atoms with van der Waals surface area (Å²) in [5.41, 5.74) is 1.26. The van der Waals surface area contributed by atoms with E-state index in [1.165, 1.54) is 37.7 Å². The van der Waals surface area contributed by atoms with E-state index in [2.05, 4.69) is 11.3 Å². The van der Waals surface area contributed by atoms with Crippen molar-refractivity contribution in [2.24, 2.45) is 36.6 Å². The van der Waals surface area contributed by atoms with Gasteiger partial charge in [-0.3, -0.25) is 4.68 Å². The van der Waals surface area contributed by atoms with Crippen molar-refractivity contribution in [2.45, 2.75) is 51.0 Å². The predicted octanol–water partition coefficient (Wildman–Crippen LogP) is 2.79. The van der Waals surface area contributed by atoms with Crippen LogP contribution in [0.3, 0.4) is 0 Å². The molecule has 1 atom stereocenters. The van der Waals surface area contributed by atoms with Crippen molar-refractivity contribution in [3.8, 4) is 0 Å². The van der Waals surface area contributed by atoms with E-state index in [-0.39, 0.29) is 6.10 Å². The lowest BCUT2D eigenvalue weighted by atomic mass is 9.50. The fraction of sp³-hybridized carbons (Fsp3) is 0.824. The molecule has 5 rings (SSSR count). The van der Waals surface area contributed by atoms with Crippen LogP contribution < -0.4 is 0 Å². The maximum atomic E-state index is 10.7. The lowest BCUT2D eigenvalue weighted by molar-refractivity contribution is -0.0909. The van der Waals surface area contributed by atoms with E-state index in [1.54, 1.807) is 0 Å². The Morgan fingerprint density at radius 2 is 1.85 bits per heavy atom. The first kappa shape index (κ1) is 12.9. The smallest absolute Gasteiger partial charge is 0.0576 e. The molecule has 0 aliphatic heterocycles. The molecule has 3 nitrogen and oxygen atoms in total. The summed E-state index contributed by atoms with van der Waals surface area (Å²) in [6.07, 6.45) is 12.9. The van der Waals surface area contributed by atoms with Crippen LogP contribution in [-0.4, -0.2) is 21.0 Å². The Morgan fingerprint density at radius 3 is 2.40 bits per heavy atom. The Bertz CT molecular complexity index is 453. The fourth-order valence-electron chi connectivity index (χ4n) is 5.70. The average Bonchev–Trinajstić information content (AvgIpc) is 2.81. The summed E-state index contributed by atoms with van der Waals surface area (Å²) in [5.74, 6) is 4.25. The third-order valence-electron chi connectivity index (χ3n) is 6.23. The molecule has 0 radical (unpaired) electrons. The highest BCUT2D eigenvalue weighted by Crippen LogP contribution is 2.57. The molecule has 1 aromatic rings. The molecular weight excluding hydrogens is 248 g/mol. The van der Waals surface area contributed by atoms with E-state index >= 15 is 0 Å². The maximum Gasteiger partial charge on any atom is 0.0576 e. The SMILES string of the molecule is Cn1cc(CCC(O)C2C3CC4CC(C3)CC2C4)cn1. The van der Waals surface area contributed by atoms with Crippen LogP contribution in [0.1, 0.15) is 44.1 Å². The lowest BCUT2D eigenvalue weighted by Gasteiger charge is -2.55. The first-order valence-electron chi connectivity index (χ1n) is 8.34. The molecule has 0 saturated heterocycles. The molecule has 4 aliphatic rings. The molecule has 1 unspecified atom stereocenters. The zero-order valence-corrected chi connectivity index (χ0v) is 12.4. The van der Waals surface area contributed by atoms with Crippen molar-refractivity contribution in [3.05, 3.63) is 18.0 Å². The summed E-state index contributed by atoms with van der Waals surface area (Å²) >= 11 is 0. The van der Waals surface area contributed by atoms with Crippen molar-refractivity contribution in [1.82, 2.24) is 9.78 Å². The normalized spacial score (nSPS) is 40.2. The van der Waals surface area contributed by atoms with Gasteiger partial charge in [-0.1, -0.05) is 0 Å². The van der Waals surface area contributed by atoms with Gasteiger partial charge >= 0.3 is 0 Å². The molecule has 110 valence electrons. The minimum atomic E-state index is -0.0924. The van der Waals surface area contributed by atoms with Gasteiger partial charge in [-0.25, -0.2) is 0 Å². The molecule has 1 N–H and O–H groups in total. The zero-order valence-electron chi connectivity index (χ0n) is 12.4. The van der Waals surface area contributed by atoms with E-state index in [0.717, 1.165) is 36.5 Å². The summed E-state index contributed by atoms with van der Waals surface area (Å²) in [4.78, 5) is 0. The van der Waals surface area contributed by atoms with E-state index in [4.69, 9.17) is 0 Å². The highest BCUT2D eigenvalue weighted by molar-refractivity contribution is 5.05. The van der Waals surface area contributed by atoms with Gasteiger partial charge in [-0.15, -0.1) is 0 Å². The molecule has 4 fully saturated rings. The highest BCUT2D eigenvalue weighted by atomic mass is 16.3. The first-order chi connectivity index (χ1) is 9.69. The fourth-order valence-corrected chi connectivity index (χ4v) is 5.70. The number of aryl methyl sites for hydroxylation is 2. The van der Waals surface area contributed by atoms with Gasteiger partial charge in [-0.2, -0.15) is 5.10 Å². The molecular formula is C17H26N2O. The first-order valence-corrected chi connectivity index (χ1v) is 8.34. The molecule has 0 amide bonds. The molecule has 1 heterocycles. The Labute approximate surface area is 121 Å². The van der Waals surface area contributed by atoms with Crippen LogP contribution in [0, 0.1) is 29.6 Å². The maximum absolute atomic E-state index is 10.7. The number of rotatable bonds is 4. The Hall–Kier alpha value is -0.830. The second-order valence-corrected chi connectivity index (χ2v) is 7.64. The number of hydrogen-bond acceptors (Lipinski definition) is 2. The molecule has 1 aromatic heterocycles. The van der Waals surface area contributed by atoms with Gasteiger partial charge in [0.2, 0.25) is 0 Å². The van der Waals surface area contributed by atoms with E-state index in [1.807, 2.05) is 17.9 Å². The second kappa shape index (κ2) is 4.87. The number of aliphatic hydroxyl groups is 1. The summed E-state index contributed by atoms with van der Waals surface area (Å²) in [6, 6.07) is 0. The van der Waals surface area contributed by atoms with Crippen LogP contribution in [0.15, 0.2) is 12.4 Å². The van der Waals surface area contributed by atoms with E-state index in [0.29, 0.717) is 5.92 Å². The quantitative estimate of drug-likeness (QED) is 0.917. The summed E-state index contributed by atoms with van der Waals surface area (Å²) in [7, 11) is 1.96. The molecule has 20 heavy (non-hydrogen) atoms. The minimum Gasteiger partial charge on any atom is -0.393 e. The molecule has 4 aliphatic carbocycles. The summed E-state index contributed by atoms with van der Waals surface area (Å²) in [5, 5.41) is 14.9. The molecule has 3 heteroatoms. The molecule has 0 aromatic carbocycles. The Morgan fingerprint density at radius 1 is 1.20 bits per heavy atom. The van der Waals surface area contributed by atoms with Gasteiger partial charge in [-0.05, 0) is 80.1 Å². The van der Waals surface area contributed by atoms with Gasteiger partial charge in [0.25, 0.3) is 0 Å². The van der Waals surface area contributed by atoms with Crippen LogP contribution in [0.25, 0.3) is 0 Å². The molecule has 4 saturated carbocycles. The van der Waals surface area contributed by atoms with Crippen molar-refractivity contribution in [3.63, 3.8) is 0 Å². The van der Waals surface area contributed by atoms with Crippen LogP contribution in [0.2, 0.25) is 0 Å². The Kier molecular flexibility index (Phi) is 3.13. The van der Waals surface area contributed by atoms with Gasteiger partial charge in [0, 0.05) is 13.2 Å². The van der Waals surface area contributed by atoms with Crippen molar-refractivity contribution >= 4 is 0 Å². The minimum absolute atomic E-state index is 0.0924. The monoisotopic (exact) mass is 274 g/mol. The highest BCUT2D eigenvalue weighted by Gasteiger charge is 2.50. The standard InChI is InChI=1S/C17H26N2O/c1-19-10-11(9-18-19)2-3-16(20)17-14-5-12-4-13(7-14)8-15(17)6-12/h9-10,12-17,20H,2-8H2,1H3. The molecule has 0 spiro atoms. The topological polar surface area (TPSA) is 38.0 Å². The number of hydrogen-bond donors (Lipinski definition) is 1. The van der Waals surface area contributed by atoms with Crippen LogP contribution in [0.5, 0.6) is 0 Å². The van der Waals surface area contributed by atoms with Crippen molar-refractivity contribution < 1.29 is 5.11 Å². The number of aliphatic hydroxyl groups excluding tert-OH is 1. The van der Waals surface area contributed by atoms with Crippen LogP contribution in [0.4, 0.5) is 0 Å². The molecule has 4 bridgehead atoms. The van der Waals surface area contributed by atoms with Crippen LogP contribution in [-0.2, 0) is 13.5 Å². The third-order valence-corrected chi connectivity index (χ3v) is 6.23. The summed E-state index contributed by atoms with van der Waals surface area (Å²) in [6.45, 7) is 0.